The zero-order valence-electron chi connectivity index (χ0n) is 10.4. The quantitative estimate of drug-likeness (QED) is 0.887. The Morgan fingerprint density at radius 3 is 2.56 bits per heavy atom. The Kier molecular flexibility index (Phi) is 3.51. The standard InChI is InChI=1S/C15H15FO2/c1-10(2)18-13-5-3-4-11(8-13)14-7-6-12(17)9-15(14)16/h3-10,17H,1-2H3. The number of phenolic OH excluding ortho intramolecular Hbond substituents is 1. The van der Waals surface area contributed by atoms with Crippen LogP contribution in [0.2, 0.25) is 0 Å². The molecule has 0 aliphatic carbocycles. The molecule has 3 heteroatoms. The lowest BCUT2D eigenvalue weighted by Crippen LogP contribution is -2.05. The summed E-state index contributed by atoms with van der Waals surface area (Å²) in [5.74, 6) is 0.178. The number of ether oxygens (including phenoxy) is 1. The lowest BCUT2D eigenvalue weighted by molar-refractivity contribution is 0.242. The normalized spacial score (nSPS) is 10.7. The van der Waals surface area contributed by atoms with Crippen molar-refractivity contribution < 1.29 is 14.2 Å². The lowest BCUT2D eigenvalue weighted by atomic mass is 10.0. The molecule has 0 heterocycles. The van der Waals surface area contributed by atoms with E-state index in [4.69, 9.17) is 4.74 Å². The summed E-state index contributed by atoms with van der Waals surface area (Å²) in [6, 6.07) is 11.4. The van der Waals surface area contributed by atoms with Crippen molar-refractivity contribution in [3.05, 3.63) is 48.3 Å². The summed E-state index contributed by atoms with van der Waals surface area (Å²) >= 11 is 0. The number of halogens is 1. The van der Waals surface area contributed by atoms with Gasteiger partial charge < -0.3 is 9.84 Å². The van der Waals surface area contributed by atoms with Gasteiger partial charge in [0.05, 0.1) is 6.10 Å². The topological polar surface area (TPSA) is 29.5 Å². The van der Waals surface area contributed by atoms with Crippen LogP contribution < -0.4 is 4.74 Å². The minimum Gasteiger partial charge on any atom is -0.508 e. The Morgan fingerprint density at radius 2 is 1.89 bits per heavy atom. The van der Waals surface area contributed by atoms with E-state index in [1.807, 2.05) is 32.0 Å². The zero-order valence-corrected chi connectivity index (χ0v) is 10.4. The molecule has 2 aromatic rings. The van der Waals surface area contributed by atoms with Crippen LogP contribution in [-0.4, -0.2) is 11.2 Å². The molecule has 0 saturated heterocycles. The van der Waals surface area contributed by atoms with Gasteiger partial charge in [0.15, 0.2) is 0 Å². The summed E-state index contributed by atoms with van der Waals surface area (Å²) in [6.07, 6.45) is 0.0740. The van der Waals surface area contributed by atoms with Gasteiger partial charge in [-0.15, -0.1) is 0 Å². The monoisotopic (exact) mass is 246 g/mol. The molecule has 2 nitrogen and oxygen atoms in total. The first-order valence-corrected chi connectivity index (χ1v) is 5.82. The summed E-state index contributed by atoms with van der Waals surface area (Å²) in [5.41, 5.74) is 1.17. The molecule has 0 unspecified atom stereocenters. The smallest absolute Gasteiger partial charge is 0.134 e. The van der Waals surface area contributed by atoms with E-state index in [0.717, 1.165) is 11.6 Å². The Hall–Kier alpha value is -2.03. The molecule has 0 radical (unpaired) electrons. The molecule has 0 bridgehead atoms. The van der Waals surface area contributed by atoms with E-state index in [-0.39, 0.29) is 11.9 Å². The zero-order chi connectivity index (χ0) is 13.1. The molecule has 0 fully saturated rings. The van der Waals surface area contributed by atoms with Gasteiger partial charge in [-0.05, 0) is 43.7 Å². The minimum absolute atomic E-state index is 0.0740. The maximum absolute atomic E-state index is 13.7. The van der Waals surface area contributed by atoms with Gasteiger partial charge in [0.1, 0.15) is 17.3 Å². The second-order valence-electron chi connectivity index (χ2n) is 4.36. The predicted molar refractivity (Wildman–Crippen MR) is 69.3 cm³/mol. The van der Waals surface area contributed by atoms with E-state index in [1.165, 1.54) is 6.07 Å². The van der Waals surface area contributed by atoms with Crippen LogP contribution in [0.15, 0.2) is 42.5 Å². The Labute approximate surface area is 106 Å². The van der Waals surface area contributed by atoms with E-state index in [0.29, 0.717) is 11.3 Å². The fourth-order valence-corrected chi connectivity index (χ4v) is 1.75. The Morgan fingerprint density at radius 1 is 1.11 bits per heavy atom. The van der Waals surface area contributed by atoms with Crippen molar-refractivity contribution in [1.29, 1.82) is 0 Å². The molecule has 2 aromatic carbocycles. The molecular formula is C15H15FO2. The second-order valence-corrected chi connectivity index (χ2v) is 4.36. The summed E-state index contributed by atoms with van der Waals surface area (Å²) < 4.78 is 19.3. The molecule has 1 N–H and O–H groups in total. The first kappa shape index (κ1) is 12.4. The summed E-state index contributed by atoms with van der Waals surface area (Å²) in [4.78, 5) is 0. The number of benzene rings is 2. The predicted octanol–water partition coefficient (Wildman–Crippen LogP) is 3.99. The van der Waals surface area contributed by atoms with Crippen molar-refractivity contribution in [3.8, 4) is 22.6 Å². The number of hydrogen-bond donors (Lipinski definition) is 1. The number of aromatic hydroxyl groups is 1. The number of phenols is 1. The molecule has 0 atom stereocenters. The maximum atomic E-state index is 13.7. The van der Waals surface area contributed by atoms with Gasteiger partial charge in [0.2, 0.25) is 0 Å². The summed E-state index contributed by atoms with van der Waals surface area (Å²) in [6.45, 7) is 3.88. The fraction of sp³-hybridized carbons (Fsp3) is 0.200. The van der Waals surface area contributed by atoms with E-state index < -0.39 is 5.82 Å². The molecule has 0 aliphatic rings. The Balaban J connectivity index is 2.38. The van der Waals surface area contributed by atoms with Gasteiger partial charge in [0, 0.05) is 11.6 Å². The van der Waals surface area contributed by atoms with Crippen LogP contribution in [0, 0.1) is 5.82 Å². The molecule has 2 rings (SSSR count). The average Bonchev–Trinajstić information content (AvgIpc) is 2.28. The van der Waals surface area contributed by atoms with Gasteiger partial charge in [-0.25, -0.2) is 4.39 Å². The maximum Gasteiger partial charge on any atom is 0.134 e. The van der Waals surface area contributed by atoms with Crippen molar-refractivity contribution in [2.45, 2.75) is 20.0 Å². The first-order valence-electron chi connectivity index (χ1n) is 5.82. The van der Waals surface area contributed by atoms with Crippen molar-refractivity contribution in [3.63, 3.8) is 0 Å². The van der Waals surface area contributed by atoms with Crippen LogP contribution in [0.1, 0.15) is 13.8 Å². The number of hydrogen-bond acceptors (Lipinski definition) is 2. The van der Waals surface area contributed by atoms with E-state index in [9.17, 15) is 9.50 Å². The van der Waals surface area contributed by atoms with Crippen LogP contribution in [0.4, 0.5) is 4.39 Å². The molecule has 0 aliphatic heterocycles. The minimum atomic E-state index is -0.448. The third-order valence-corrected chi connectivity index (χ3v) is 2.47. The molecular weight excluding hydrogens is 231 g/mol. The van der Waals surface area contributed by atoms with Crippen molar-refractivity contribution in [2.75, 3.05) is 0 Å². The van der Waals surface area contributed by atoms with Crippen LogP contribution in [0.5, 0.6) is 11.5 Å². The first-order chi connectivity index (χ1) is 8.56. The van der Waals surface area contributed by atoms with E-state index in [2.05, 4.69) is 0 Å². The largest absolute Gasteiger partial charge is 0.508 e. The van der Waals surface area contributed by atoms with Crippen LogP contribution in [0.3, 0.4) is 0 Å². The third-order valence-electron chi connectivity index (χ3n) is 2.47. The molecule has 0 aromatic heterocycles. The number of rotatable bonds is 3. The molecule has 18 heavy (non-hydrogen) atoms. The van der Waals surface area contributed by atoms with Crippen molar-refractivity contribution in [2.24, 2.45) is 0 Å². The summed E-state index contributed by atoms with van der Waals surface area (Å²) in [7, 11) is 0. The van der Waals surface area contributed by atoms with E-state index in [1.54, 1.807) is 12.1 Å². The van der Waals surface area contributed by atoms with Gasteiger partial charge in [-0.2, -0.15) is 0 Å². The van der Waals surface area contributed by atoms with E-state index >= 15 is 0 Å². The highest BCUT2D eigenvalue weighted by Crippen LogP contribution is 2.28. The van der Waals surface area contributed by atoms with Crippen molar-refractivity contribution in [1.82, 2.24) is 0 Å². The molecule has 0 saturated carbocycles. The highest BCUT2D eigenvalue weighted by molar-refractivity contribution is 5.66. The Bertz CT molecular complexity index is 550. The lowest BCUT2D eigenvalue weighted by Gasteiger charge is -2.11. The summed E-state index contributed by atoms with van der Waals surface area (Å²) in [5, 5.41) is 9.19. The van der Waals surface area contributed by atoms with Gasteiger partial charge >= 0.3 is 0 Å². The van der Waals surface area contributed by atoms with Crippen molar-refractivity contribution >= 4 is 0 Å². The van der Waals surface area contributed by atoms with Crippen LogP contribution in [0.25, 0.3) is 11.1 Å². The SMILES string of the molecule is CC(C)Oc1cccc(-c2ccc(O)cc2F)c1. The average molecular weight is 246 g/mol. The molecule has 94 valence electrons. The highest BCUT2D eigenvalue weighted by Gasteiger charge is 2.07. The molecule has 0 spiro atoms. The van der Waals surface area contributed by atoms with Gasteiger partial charge in [-0.3, -0.25) is 0 Å². The van der Waals surface area contributed by atoms with Crippen LogP contribution >= 0.6 is 0 Å². The van der Waals surface area contributed by atoms with Gasteiger partial charge in [-0.1, -0.05) is 12.1 Å². The fourth-order valence-electron chi connectivity index (χ4n) is 1.75. The third kappa shape index (κ3) is 2.80. The second kappa shape index (κ2) is 5.08. The van der Waals surface area contributed by atoms with Crippen LogP contribution in [-0.2, 0) is 0 Å². The van der Waals surface area contributed by atoms with Gasteiger partial charge in [0.25, 0.3) is 0 Å². The molecule has 0 amide bonds. The highest BCUT2D eigenvalue weighted by atomic mass is 19.1.